The number of thiophene rings is 1. The van der Waals surface area contributed by atoms with E-state index in [4.69, 9.17) is 15.5 Å². The van der Waals surface area contributed by atoms with Gasteiger partial charge in [-0.2, -0.15) is 0 Å². The summed E-state index contributed by atoms with van der Waals surface area (Å²) in [6.07, 6.45) is 4.41. The number of nitrogen functional groups attached to an aromatic ring is 1. The van der Waals surface area contributed by atoms with Gasteiger partial charge in [-0.3, -0.25) is 9.20 Å². The Labute approximate surface area is 189 Å². The number of carbonyl (C=O) groups excluding carboxylic acids is 1. The molecule has 0 unspecified atom stereocenters. The summed E-state index contributed by atoms with van der Waals surface area (Å²) in [5.74, 6) is 7.48. The summed E-state index contributed by atoms with van der Waals surface area (Å²) in [6, 6.07) is 6.32. The van der Waals surface area contributed by atoms with Crippen LogP contribution in [0.1, 0.15) is 30.7 Å². The van der Waals surface area contributed by atoms with Crippen LogP contribution in [0.5, 0.6) is 5.75 Å². The van der Waals surface area contributed by atoms with E-state index in [-0.39, 0.29) is 11.8 Å². The van der Waals surface area contributed by atoms with E-state index in [9.17, 15) is 4.79 Å². The van der Waals surface area contributed by atoms with Crippen molar-refractivity contribution in [2.24, 2.45) is 0 Å². The molecule has 0 bridgehead atoms. The second-order valence-electron chi connectivity index (χ2n) is 7.96. The topological polar surface area (TPSA) is 85.8 Å². The van der Waals surface area contributed by atoms with Gasteiger partial charge in [-0.25, -0.2) is 9.97 Å². The first-order valence-corrected chi connectivity index (χ1v) is 11.2. The maximum Gasteiger partial charge on any atom is 0.298 e. The molecule has 2 N–H and O–H groups in total. The summed E-state index contributed by atoms with van der Waals surface area (Å²) in [4.78, 5) is 24.4. The summed E-state index contributed by atoms with van der Waals surface area (Å²) in [5.41, 5.74) is 9.07. The minimum atomic E-state index is -0.135. The summed E-state index contributed by atoms with van der Waals surface area (Å²) in [6.45, 7) is 4.99. The van der Waals surface area contributed by atoms with Gasteiger partial charge in [-0.15, -0.1) is 11.3 Å². The third-order valence-electron chi connectivity index (χ3n) is 5.86. The predicted molar refractivity (Wildman–Crippen MR) is 127 cm³/mol. The molecule has 0 spiro atoms. The molecular weight excluding hydrogens is 422 g/mol. The second kappa shape index (κ2) is 7.84. The van der Waals surface area contributed by atoms with Gasteiger partial charge >= 0.3 is 0 Å². The highest BCUT2D eigenvalue weighted by Gasteiger charge is 2.31. The zero-order chi connectivity index (χ0) is 22.4. The van der Waals surface area contributed by atoms with Crippen molar-refractivity contribution >= 4 is 38.7 Å². The molecule has 1 amide bonds. The molecule has 0 radical (unpaired) electrons. The van der Waals surface area contributed by atoms with Crippen LogP contribution in [-0.2, 0) is 4.79 Å². The van der Waals surface area contributed by atoms with Crippen LogP contribution >= 0.6 is 11.3 Å². The fourth-order valence-corrected chi connectivity index (χ4v) is 5.54. The lowest BCUT2D eigenvalue weighted by Gasteiger charge is -2.12. The van der Waals surface area contributed by atoms with Gasteiger partial charge in [-0.05, 0) is 49.3 Å². The highest BCUT2D eigenvalue weighted by atomic mass is 32.1. The van der Waals surface area contributed by atoms with Gasteiger partial charge in [0, 0.05) is 31.4 Å². The zero-order valence-electron chi connectivity index (χ0n) is 18.2. The third-order valence-corrected chi connectivity index (χ3v) is 7.03. The first kappa shape index (κ1) is 20.3. The smallest absolute Gasteiger partial charge is 0.298 e. The zero-order valence-corrected chi connectivity index (χ0v) is 19.0. The number of likely N-dealkylation sites (tertiary alicyclic amines) is 1. The molecule has 1 atom stereocenters. The molecule has 5 rings (SSSR count). The number of benzene rings is 1. The van der Waals surface area contributed by atoms with Gasteiger partial charge < -0.3 is 15.4 Å². The van der Waals surface area contributed by atoms with E-state index in [1.807, 2.05) is 16.7 Å². The van der Waals surface area contributed by atoms with Crippen molar-refractivity contribution in [3.63, 3.8) is 0 Å². The van der Waals surface area contributed by atoms with E-state index in [2.05, 4.69) is 35.9 Å². The van der Waals surface area contributed by atoms with E-state index >= 15 is 0 Å². The fraction of sp³-hybridized carbons (Fsp3) is 0.292. The van der Waals surface area contributed by atoms with Crippen LogP contribution in [0.3, 0.4) is 0 Å². The molecule has 162 valence electrons. The van der Waals surface area contributed by atoms with Gasteiger partial charge in [0.2, 0.25) is 0 Å². The van der Waals surface area contributed by atoms with Crippen LogP contribution in [-0.4, -0.2) is 45.4 Å². The third kappa shape index (κ3) is 3.26. The lowest BCUT2D eigenvalue weighted by atomic mass is 10.1. The molecule has 7 nitrogen and oxygen atoms in total. The minimum absolute atomic E-state index is 0.104. The minimum Gasteiger partial charge on any atom is -0.495 e. The van der Waals surface area contributed by atoms with Crippen molar-refractivity contribution < 1.29 is 9.53 Å². The van der Waals surface area contributed by atoms with Gasteiger partial charge in [-0.1, -0.05) is 12.0 Å². The van der Waals surface area contributed by atoms with Crippen LogP contribution in [0, 0.1) is 18.8 Å². The second-order valence-corrected chi connectivity index (χ2v) is 9.01. The Morgan fingerprint density at radius 2 is 2.19 bits per heavy atom. The SMILES string of the molecule is CC#CC(=O)N1CC[C@H](c2nc(-c3cc4cc(C)cc(OC)c4s3)c3c(N)nccn23)C1. The Hall–Kier alpha value is -3.57. The summed E-state index contributed by atoms with van der Waals surface area (Å²) in [5, 5.41) is 1.11. The molecule has 1 fully saturated rings. The van der Waals surface area contributed by atoms with Crippen molar-refractivity contribution in [2.45, 2.75) is 26.2 Å². The Morgan fingerprint density at radius 3 is 2.97 bits per heavy atom. The highest BCUT2D eigenvalue weighted by Crippen LogP contribution is 2.42. The number of aromatic nitrogens is 3. The van der Waals surface area contributed by atoms with Crippen molar-refractivity contribution in [3.8, 4) is 28.2 Å². The number of hydrogen-bond acceptors (Lipinski definition) is 6. The van der Waals surface area contributed by atoms with Crippen LogP contribution in [0.2, 0.25) is 0 Å². The number of imidazole rings is 1. The lowest BCUT2D eigenvalue weighted by Crippen LogP contribution is -2.27. The lowest BCUT2D eigenvalue weighted by molar-refractivity contribution is -0.124. The Bertz CT molecular complexity index is 1430. The monoisotopic (exact) mass is 445 g/mol. The molecular formula is C24H23N5O2S. The highest BCUT2D eigenvalue weighted by molar-refractivity contribution is 7.22. The molecule has 1 aliphatic rings. The molecule has 4 heterocycles. The van der Waals surface area contributed by atoms with Crippen LogP contribution < -0.4 is 10.5 Å². The Morgan fingerprint density at radius 1 is 1.34 bits per heavy atom. The van der Waals surface area contributed by atoms with E-state index in [1.54, 1.807) is 36.5 Å². The van der Waals surface area contributed by atoms with Crippen LogP contribution in [0.25, 0.3) is 26.2 Å². The summed E-state index contributed by atoms with van der Waals surface area (Å²) >= 11 is 1.63. The quantitative estimate of drug-likeness (QED) is 0.484. The van der Waals surface area contributed by atoms with Gasteiger partial charge in [0.15, 0.2) is 0 Å². The van der Waals surface area contributed by atoms with Crippen LogP contribution in [0.4, 0.5) is 5.82 Å². The number of anilines is 1. The largest absolute Gasteiger partial charge is 0.495 e. The average molecular weight is 446 g/mol. The number of fused-ring (bicyclic) bond motifs is 2. The van der Waals surface area contributed by atoms with E-state index in [0.29, 0.717) is 18.9 Å². The molecule has 0 aliphatic carbocycles. The molecule has 0 saturated carbocycles. The summed E-state index contributed by atoms with van der Waals surface area (Å²) in [7, 11) is 1.69. The van der Waals surface area contributed by atoms with E-state index < -0.39 is 0 Å². The maximum atomic E-state index is 12.2. The number of rotatable bonds is 3. The van der Waals surface area contributed by atoms with Gasteiger partial charge in [0.25, 0.3) is 5.91 Å². The Balaban J connectivity index is 1.63. The number of ether oxygens (including phenoxy) is 1. The van der Waals surface area contributed by atoms with Crippen molar-refractivity contribution in [2.75, 3.05) is 25.9 Å². The molecule has 1 aliphatic heterocycles. The number of carbonyl (C=O) groups is 1. The first-order chi connectivity index (χ1) is 15.5. The number of amides is 1. The first-order valence-electron chi connectivity index (χ1n) is 10.4. The average Bonchev–Trinajstić information content (AvgIpc) is 3.49. The van der Waals surface area contributed by atoms with E-state index in [1.165, 1.54) is 0 Å². The molecule has 32 heavy (non-hydrogen) atoms. The molecule has 4 aromatic rings. The van der Waals surface area contributed by atoms with Crippen molar-refractivity contribution in [3.05, 3.63) is 42.0 Å². The van der Waals surface area contributed by atoms with Crippen molar-refractivity contribution in [1.82, 2.24) is 19.3 Å². The molecule has 1 saturated heterocycles. The molecule has 1 aromatic carbocycles. The summed E-state index contributed by atoms with van der Waals surface area (Å²) < 4.78 is 8.71. The maximum absolute atomic E-state index is 12.2. The van der Waals surface area contributed by atoms with E-state index in [0.717, 1.165) is 49.7 Å². The number of aryl methyl sites for hydroxylation is 1. The van der Waals surface area contributed by atoms with Gasteiger partial charge in [0.1, 0.15) is 28.6 Å². The number of nitrogens with zero attached hydrogens (tertiary/aromatic N) is 4. The number of hydrogen-bond donors (Lipinski definition) is 1. The molecule has 3 aromatic heterocycles. The Kier molecular flexibility index (Phi) is 4.98. The standard InChI is InChI=1S/C24H23N5O2S/c1-4-5-19(30)28-8-6-15(13-28)24-27-20(21-23(25)26-7-9-29(21)24)18-12-16-10-14(2)11-17(31-3)22(16)32-18/h7,9-12,15H,6,8,13H2,1-3H3,(H2,25,26)/t15-/m0/s1. The van der Waals surface area contributed by atoms with Gasteiger partial charge in [0.05, 0.1) is 16.7 Å². The number of nitrogens with two attached hydrogens (primary N) is 1. The van der Waals surface area contributed by atoms with Crippen LogP contribution in [0.15, 0.2) is 30.6 Å². The number of methoxy groups -OCH3 is 1. The normalized spacial score (nSPS) is 15.8. The molecule has 8 heteroatoms. The van der Waals surface area contributed by atoms with Crippen molar-refractivity contribution in [1.29, 1.82) is 0 Å². The fourth-order valence-electron chi connectivity index (χ4n) is 4.42. The predicted octanol–water partition coefficient (Wildman–Crippen LogP) is 3.85.